The van der Waals surface area contributed by atoms with Gasteiger partial charge in [-0.05, 0) is 64.8 Å². The summed E-state index contributed by atoms with van der Waals surface area (Å²) in [5.41, 5.74) is 4.62. The maximum Gasteiger partial charge on any atom is 0.166 e. The van der Waals surface area contributed by atoms with Crippen LogP contribution in [0.1, 0.15) is 54.1 Å². The molecular weight excluding hydrogens is 330 g/mol. The van der Waals surface area contributed by atoms with Crippen LogP contribution in [0.25, 0.3) is 0 Å². The fourth-order valence-electron chi connectivity index (χ4n) is 3.96. The van der Waals surface area contributed by atoms with Crippen molar-refractivity contribution in [2.45, 2.75) is 58.6 Å². The van der Waals surface area contributed by atoms with Gasteiger partial charge in [0.1, 0.15) is 5.60 Å². The van der Waals surface area contributed by atoms with E-state index in [-0.39, 0.29) is 11.1 Å². The number of thiophene rings is 1. The fourth-order valence-corrected chi connectivity index (χ4v) is 4.82. The first-order valence-corrected chi connectivity index (χ1v) is 9.59. The van der Waals surface area contributed by atoms with E-state index in [1.807, 2.05) is 11.3 Å². The molecule has 0 bridgehead atoms. The van der Waals surface area contributed by atoms with Crippen molar-refractivity contribution in [2.24, 2.45) is 4.99 Å². The van der Waals surface area contributed by atoms with Gasteiger partial charge in [-0.25, -0.2) is 0 Å². The highest BCUT2D eigenvalue weighted by atomic mass is 32.1. The summed E-state index contributed by atoms with van der Waals surface area (Å²) in [6.45, 7) is 10.8. The maximum atomic E-state index is 6.25. The van der Waals surface area contributed by atoms with Gasteiger partial charge >= 0.3 is 0 Å². The van der Waals surface area contributed by atoms with Gasteiger partial charge in [0.25, 0.3) is 0 Å². The Balaban J connectivity index is 1.99. The van der Waals surface area contributed by atoms with Crippen LogP contribution in [0.4, 0.5) is 0 Å². The van der Waals surface area contributed by atoms with Gasteiger partial charge in [0.2, 0.25) is 0 Å². The number of rotatable bonds is 2. The molecule has 0 atom stereocenters. The molecule has 2 aromatic rings. The fraction of sp³-hybridized carbons (Fsp3) is 0.476. The summed E-state index contributed by atoms with van der Waals surface area (Å²) in [7, 11) is 1.72. The highest BCUT2D eigenvalue weighted by Crippen LogP contribution is 2.48. The standard InChI is InChI=1S/C21H25NO2S/c1-12-7-8-16(25-12)18-17-13(10-20(2,3)22-18)9-15(23-6)19-14(17)11-21(4,5)24-19/h7-9H,10-11H2,1-6H3. The van der Waals surface area contributed by atoms with Crippen LogP contribution in [0.15, 0.2) is 23.2 Å². The lowest BCUT2D eigenvalue weighted by atomic mass is 9.82. The van der Waals surface area contributed by atoms with Crippen LogP contribution in [-0.4, -0.2) is 24.0 Å². The number of aryl methyl sites for hydroxylation is 1. The predicted octanol–water partition coefficient (Wildman–Crippen LogP) is 4.95. The molecule has 2 aliphatic heterocycles. The highest BCUT2D eigenvalue weighted by molar-refractivity contribution is 7.14. The zero-order valence-electron chi connectivity index (χ0n) is 15.8. The van der Waals surface area contributed by atoms with Crippen LogP contribution in [0, 0.1) is 6.92 Å². The van der Waals surface area contributed by atoms with Crippen molar-refractivity contribution in [3.63, 3.8) is 0 Å². The van der Waals surface area contributed by atoms with E-state index in [0.29, 0.717) is 0 Å². The van der Waals surface area contributed by atoms with Gasteiger partial charge in [0, 0.05) is 22.4 Å². The number of fused-ring (bicyclic) bond motifs is 3. The minimum absolute atomic E-state index is 0.117. The molecule has 0 spiro atoms. The van der Waals surface area contributed by atoms with Crippen molar-refractivity contribution in [3.8, 4) is 11.5 Å². The maximum absolute atomic E-state index is 6.25. The number of nitrogens with zero attached hydrogens (tertiary/aromatic N) is 1. The molecule has 25 heavy (non-hydrogen) atoms. The minimum atomic E-state index is -0.214. The third kappa shape index (κ3) is 2.77. The number of ether oxygens (including phenoxy) is 2. The van der Waals surface area contributed by atoms with Gasteiger partial charge in [-0.3, -0.25) is 4.99 Å². The number of benzene rings is 1. The minimum Gasteiger partial charge on any atom is -0.493 e. The smallest absolute Gasteiger partial charge is 0.166 e. The molecule has 4 heteroatoms. The van der Waals surface area contributed by atoms with Crippen LogP contribution >= 0.6 is 11.3 Å². The Morgan fingerprint density at radius 3 is 2.56 bits per heavy atom. The van der Waals surface area contributed by atoms with Gasteiger partial charge in [-0.2, -0.15) is 0 Å². The molecule has 0 saturated carbocycles. The molecule has 1 aromatic carbocycles. The average molecular weight is 356 g/mol. The van der Waals surface area contributed by atoms with E-state index in [9.17, 15) is 0 Å². The zero-order valence-corrected chi connectivity index (χ0v) is 16.6. The molecule has 0 N–H and O–H groups in total. The Morgan fingerprint density at radius 1 is 1.16 bits per heavy atom. The molecule has 3 nitrogen and oxygen atoms in total. The summed E-state index contributed by atoms with van der Waals surface area (Å²) in [5, 5.41) is 0. The molecule has 0 saturated heterocycles. The van der Waals surface area contributed by atoms with Crippen LogP contribution < -0.4 is 9.47 Å². The largest absolute Gasteiger partial charge is 0.493 e. The molecule has 0 unspecified atom stereocenters. The van der Waals surface area contributed by atoms with E-state index < -0.39 is 0 Å². The van der Waals surface area contributed by atoms with Crippen LogP contribution in [0.2, 0.25) is 0 Å². The second kappa shape index (κ2) is 5.34. The second-order valence-electron chi connectivity index (χ2n) is 8.32. The Labute approximate surface area is 153 Å². The third-order valence-corrected chi connectivity index (χ3v) is 5.88. The average Bonchev–Trinajstić information content (AvgIpc) is 3.06. The number of hydrogen-bond donors (Lipinski definition) is 0. The molecule has 0 radical (unpaired) electrons. The molecule has 1 aromatic heterocycles. The summed E-state index contributed by atoms with van der Waals surface area (Å²) in [5.74, 6) is 1.74. The Kier molecular flexibility index (Phi) is 3.56. The quantitative estimate of drug-likeness (QED) is 0.763. The van der Waals surface area contributed by atoms with Gasteiger partial charge in [0.15, 0.2) is 11.5 Å². The number of aliphatic imine (C=N–C) groups is 1. The van der Waals surface area contributed by atoms with E-state index in [4.69, 9.17) is 14.5 Å². The lowest BCUT2D eigenvalue weighted by molar-refractivity contribution is 0.134. The van der Waals surface area contributed by atoms with Crippen LogP contribution in [0.3, 0.4) is 0 Å². The summed E-state index contributed by atoms with van der Waals surface area (Å²) in [6, 6.07) is 6.53. The Hall–Kier alpha value is -1.81. The third-order valence-electron chi connectivity index (χ3n) is 4.87. The molecule has 0 aliphatic carbocycles. The van der Waals surface area contributed by atoms with Crippen molar-refractivity contribution < 1.29 is 9.47 Å². The van der Waals surface area contributed by atoms with E-state index in [2.05, 4.69) is 52.8 Å². The normalized spacial score (nSPS) is 19.7. The summed E-state index contributed by atoms with van der Waals surface area (Å²) in [4.78, 5) is 7.70. The molecule has 3 heterocycles. The first-order valence-electron chi connectivity index (χ1n) is 8.78. The summed E-state index contributed by atoms with van der Waals surface area (Å²) < 4.78 is 11.9. The molecule has 0 amide bonds. The molecule has 132 valence electrons. The van der Waals surface area contributed by atoms with Gasteiger partial charge < -0.3 is 9.47 Å². The number of hydrogen-bond acceptors (Lipinski definition) is 4. The van der Waals surface area contributed by atoms with Crippen LogP contribution in [0.5, 0.6) is 11.5 Å². The lowest BCUT2D eigenvalue weighted by Gasteiger charge is -2.30. The molecule has 4 rings (SSSR count). The topological polar surface area (TPSA) is 30.8 Å². The lowest BCUT2D eigenvalue weighted by Crippen LogP contribution is -2.30. The van der Waals surface area contributed by atoms with Crippen molar-refractivity contribution in [1.29, 1.82) is 0 Å². The second-order valence-corrected chi connectivity index (χ2v) is 9.61. The van der Waals surface area contributed by atoms with Gasteiger partial charge in [0.05, 0.1) is 23.2 Å². The Morgan fingerprint density at radius 2 is 1.92 bits per heavy atom. The molecular formula is C21H25NO2S. The SMILES string of the molecule is COc1cc2c(c3c1OC(C)(C)C3)C(c1ccc(C)s1)=NC(C)(C)C2. The first-order chi connectivity index (χ1) is 11.7. The van der Waals surface area contributed by atoms with Gasteiger partial charge in [-0.1, -0.05) is 0 Å². The molecule has 0 fully saturated rings. The van der Waals surface area contributed by atoms with E-state index in [1.54, 1.807) is 7.11 Å². The van der Waals surface area contributed by atoms with Gasteiger partial charge in [-0.15, -0.1) is 11.3 Å². The number of methoxy groups -OCH3 is 1. The van der Waals surface area contributed by atoms with Crippen molar-refractivity contribution in [2.75, 3.05) is 7.11 Å². The summed E-state index contributed by atoms with van der Waals surface area (Å²) in [6.07, 6.45) is 1.80. The summed E-state index contributed by atoms with van der Waals surface area (Å²) >= 11 is 1.81. The predicted molar refractivity (Wildman–Crippen MR) is 104 cm³/mol. The van der Waals surface area contributed by atoms with E-state index in [1.165, 1.54) is 26.4 Å². The molecule has 2 aliphatic rings. The Bertz CT molecular complexity index is 890. The zero-order chi connectivity index (χ0) is 18.0. The first kappa shape index (κ1) is 16.6. The van der Waals surface area contributed by atoms with E-state index in [0.717, 1.165) is 30.1 Å². The highest BCUT2D eigenvalue weighted by Gasteiger charge is 2.39. The monoisotopic (exact) mass is 355 g/mol. The van der Waals surface area contributed by atoms with Crippen LogP contribution in [-0.2, 0) is 12.8 Å². The van der Waals surface area contributed by atoms with Crippen molar-refractivity contribution in [1.82, 2.24) is 0 Å². The van der Waals surface area contributed by atoms with Crippen molar-refractivity contribution >= 4 is 17.0 Å². The van der Waals surface area contributed by atoms with E-state index >= 15 is 0 Å². The van der Waals surface area contributed by atoms with Crippen molar-refractivity contribution in [3.05, 3.63) is 44.6 Å².